The molecule has 0 saturated carbocycles. The van der Waals surface area contributed by atoms with Crippen LogP contribution < -0.4 is 14.2 Å². The van der Waals surface area contributed by atoms with Gasteiger partial charge in [0.25, 0.3) is 0 Å². The van der Waals surface area contributed by atoms with Gasteiger partial charge < -0.3 is 29.5 Å². The summed E-state index contributed by atoms with van der Waals surface area (Å²) < 4.78 is 15.1. The lowest BCUT2D eigenvalue weighted by Crippen LogP contribution is -2.05. The predicted octanol–water partition coefficient (Wildman–Crippen LogP) is 6.52. The van der Waals surface area contributed by atoms with Crippen molar-refractivity contribution in [3.63, 3.8) is 0 Å². The molecule has 0 aliphatic heterocycles. The van der Waals surface area contributed by atoms with E-state index < -0.39 is 17.3 Å². The average Bonchev–Trinajstić information content (AvgIpc) is 3.04. The molecule has 0 bridgehead atoms. The standard InChI is InChI=1S/C36H30O9/c1-43-34-13-7-22(16-31(34)40)4-10-28(37)25-19-26(29(38)11-5-23-8-14-35(44-2)32(41)17-23)21-27(20-25)30(39)12-6-24-9-15-36(45-3)33(42)18-24/h4-21,40-42H,1-3H3/b10-4+,11-5+,12-6+. The first-order valence-corrected chi connectivity index (χ1v) is 13.5. The highest BCUT2D eigenvalue weighted by molar-refractivity contribution is 6.15. The Morgan fingerprint density at radius 3 is 0.956 bits per heavy atom. The van der Waals surface area contributed by atoms with Gasteiger partial charge in [-0.05, 0) is 89.5 Å². The fourth-order valence-corrected chi connectivity index (χ4v) is 4.29. The van der Waals surface area contributed by atoms with Crippen molar-refractivity contribution in [1.29, 1.82) is 0 Å². The highest BCUT2D eigenvalue weighted by Crippen LogP contribution is 2.29. The van der Waals surface area contributed by atoms with Crippen molar-refractivity contribution in [2.24, 2.45) is 0 Å². The number of carbonyl (C=O) groups excluding carboxylic acids is 3. The molecule has 0 aliphatic rings. The summed E-state index contributed by atoms with van der Waals surface area (Å²) in [6.07, 6.45) is 8.28. The second kappa shape index (κ2) is 14.4. The van der Waals surface area contributed by atoms with Crippen LogP contribution in [0.25, 0.3) is 18.2 Å². The number of phenolic OH excluding ortho intramolecular Hbond substituents is 3. The van der Waals surface area contributed by atoms with Crippen molar-refractivity contribution in [2.75, 3.05) is 21.3 Å². The molecule has 0 amide bonds. The zero-order valence-corrected chi connectivity index (χ0v) is 24.7. The van der Waals surface area contributed by atoms with Crippen LogP contribution >= 0.6 is 0 Å². The van der Waals surface area contributed by atoms with Gasteiger partial charge in [0.15, 0.2) is 51.8 Å². The van der Waals surface area contributed by atoms with Gasteiger partial charge in [-0.3, -0.25) is 14.4 Å². The minimum Gasteiger partial charge on any atom is -0.504 e. The maximum atomic E-state index is 13.2. The summed E-state index contributed by atoms with van der Waals surface area (Å²) >= 11 is 0. The van der Waals surface area contributed by atoms with E-state index in [1.165, 1.54) is 94.2 Å². The second-order valence-corrected chi connectivity index (χ2v) is 9.69. The predicted molar refractivity (Wildman–Crippen MR) is 171 cm³/mol. The van der Waals surface area contributed by atoms with Gasteiger partial charge >= 0.3 is 0 Å². The number of rotatable bonds is 12. The molecule has 45 heavy (non-hydrogen) atoms. The van der Waals surface area contributed by atoms with E-state index in [2.05, 4.69) is 0 Å². The number of aromatic hydroxyl groups is 3. The molecule has 4 rings (SSSR count). The molecule has 0 fully saturated rings. The molecular formula is C36H30O9. The van der Waals surface area contributed by atoms with Gasteiger partial charge in [0.1, 0.15) is 0 Å². The lowest BCUT2D eigenvalue weighted by Gasteiger charge is -2.06. The average molecular weight is 607 g/mol. The van der Waals surface area contributed by atoms with Gasteiger partial charge in [-0.15, -0.1) is 0 Å². The monoisotopic (exact) mass is 606 g/mol. The number of allylic oxidation sites excluding steroid dienone is 3. The third-order valence-corrected chi connectivity index (χ3v) is 6.68. The van der Waals surface area contributed by atoms with Crippen molar-refractivity contribution in [3.8, 4) is 34.5 Å². The van der Waals surface area contributed by atoms with Crippen molar-refractivity contribution in [2.45, 2.75) is 0 Å². The molecule has 4 aromatic carbocycles. The number of hydrogen-bond donors (Lipinski definition) is 3. The van der Waals surface area contributed by atoms with Gasteiger partial charge in [0.05, 0.1) is 21.3 Å². The molecule has 0 aromatic heterocycles. The van der Waals surface area contributed by atoms with Crippen LogP contribution in [0.15, 0.2) is 91.0 Å². The fourth-order valence-electron chi connectivity index (χ4n) is 4.29. The van der Waals surface area contributed by atoms with Gasteiger partial charge in [-0.25, -0.2) is 0 Å². The van der Waals surface area contributed by atoms with E-state index in [1.807, 2.05) is 0 Å². The number of ether oxygens (including phenoxy) is 3. The van der Waals surface area contributed by atoms with Crippen LogP contribution in [0, 0.1) is 0 Å². The summed E-state index contributed by atoms with van der Waals surface area (Å²) in [4.78, 5) is 39.7. The van der Waals surface area contributed by atoms with E-state index >= 15 is 0 Å². The minimum atomic E-state index is -0.484. The van der Waals surface area contributed by atoms with Crippen LogP contribution in [-0.2, 0) is 0 Å². The normalized spacial score (nSPS) is 11.3. The van der Waals surface area contributed by atoms with Crippen LogP contribution in [0.4, 0.5) is 0 Å². The quantitative estimate of drug-likeness (QED) is 0.121. The highest BCUT2D eigenvalue weighted by Gasteiger charge is 2.14. The Kier molecular flexibility index (Phi) is 10.2. The van der Waals surface area contributed by atoms with Crippen molar-refractivity contribution in [1.82, 2.24) is 0 Å². The number of methoxy groups -OCH3 is 3. The third-order valence-electron chi connectivity index (χ3n) is 6.68. The van der Waals surface area contributed by atoms with E-state index in [-0.39, 0.29) is 51.2 Å². The molecule has 9 heteroatoms. The molecule has 0 aliphatic carbocycles. The third kappa shape index (κ3) is 8.05. The minimum absolute atomic E-state index is 0.0872. The molecular weight excluding hydrogens is 576 g/mol. The fraction of sp³-hybridized carbons (Fsp3) is 0.0833. The maximum absolute atomic E-state index is 13.2. The smallest absolute Gasteiger partial charge is 0.185 e. The van der Waals surface area contributed by atoms with E-state index in [4.69, 9.17) is 14.2 Å². The molecule has 0 saturated heterocycles. The van der Waals surface area contributed by atoms with Crippen LogP contribution in [0.3, 0.4) is 0 Å². The Morgan fingerprint density at radius 1 is 0.467 bits per heavy atom. The van der Waals surface area contributed by atoms with Gasteiger partial charge in [-0.1, -0.05) is 36.4 Å². The number of phenols is 3. The lowest BCUT2D eigenvalue weighted by molar-refractivity contribution is 0.104. The first kappa shape index (κ1) is 31.8. The summed E-state index contributed by atoms with van der Waals surface area (Å²) in [5, 5.41) is 30.1. The van der Waals surface area contributed by atoms with Crippen LogP contribution in [0.2, 0.25) is 0 Å². The van der Waals surface area contributed by atoms with E-state index in [0.29, 0.717) is 16.7 Å². The van der Waals surface area contributed by atoms with Gasteiger partial charge in [-0.2, -0.15) is 0 Å². The second-order valence-electron chi connectivity index (χ2n) is 9.69. The highest BCUT2D eigenvalue weighted by atomic mass is 16.5. The maximum Gasteiger partial charge on any atom is 0.185 e. The summed E-state index contributed by atoms with van der Waals surface area (Å²) in [5.74, 6) is -0.896. The first-order chi connectivity index (χ1) is 21.6. The van der Waals surface area contributed by atoms with E-state index in [1.54, 1.807) is 36.4 Å². The Morgan fingerprint density at radius 2 is 0.733 bits per heavy atom. The van der Waals surface area contributed by atoms with E-state index in [9.17, 15) is 29.7 Å². The Bertz CT molecular complexity index is 1620. The van der Waals surface area contributed by atoms with Crippen molar-refractivity contribution in [3.05, 3.63) is 124 Å². The Hall–Kier alpha value is -6.09. The summed E-state index contributed by atoms with van der Waals surface area (Å²) in [6.45, 7) is 0. The molecule has 228 valence electrons. The largest absolute Gasteiger partial charge is 0.504 e. The van der Waals surface area contributed by atoms with Crippen LogP contribution in [-0.4, -0.2) is 54.0 Å². The van der Waals surface area contributed by atoms with Gasteiger partial charge in [0, 0.05) is 16.7 Å². The summed E-state index contributed by atoms with van der Waals surface area (Å²) in [5.41, 5.74) is 1.85. The van der Waals surface area contributed by atoms with Gasteiger partial charge in [0.2, 0.25) is 0 Å². The summed E-state index contributed by atoms with van der Waals surface area (Å²) in [7, 11) is 4.27. The molecule has 0 atom stereocenters. The number of ketones is 3. The lowest BCUT2D eigenvalue weighted by atomic mass is 9.97. The molecule has 3 N–H and O–H groups in total. The zero-order chi connectivity index (χ0) is 32.5. The molecule has 4 aromatic rings. The van der Waals surface area contributed by atoms with Crippen molar-refractivity contribution < 1.29 is 43.9 Å². The number of hydrogen-bond acceptors (Lipinski definition) is 9. The molecule has 0 heterocycles. The zero-order valence-electron chi connectivity index (χ0n) is 24.7. The Balaban J connectivity index is 1.66. The summed E-state index contributed by atoms with van der Waals surface area (Å²) in [6, 6.07) is 18.1. The molecule has 9 nitrogen and oxygen atoms in total. The topological polar surface area (TPSA) is 140 Å². The molecule has 0 spiro atoms. The van der Waals surface area contributed by atoms with Crippen molar-refractivity contribution >= 4 is 35.6 Å². The van der Waals surface area contributed by atoms with Crippen LogP contribution in [0.5, 0.6) is 34.5 Å². The first-order valence-electron chi connectivity index (χ1n) is 13.5. The number of benzene rings is 4. The Labute approximate surface area is 259 Å². The molecule has 0 radical (unpaired) electrons. The molecule has 0 unspecified atom stereocenters. The number of carbonyl (C=O) groups is 3. The van der Waals surface area contributed by atoms with E-state index in [0.717, 1.165) is 0 Å². The van der Waals surface area contributed by atoms with Crippen LogP contribution in [0.1, 0.15) is 47.8 Å². The SMILES string of the molecule is COc1ccc(/C=C/C(=O)c2cc(C(=O)/C=C/c3ccc(OC)c(O)c3)cc(C(=O)/C=C/c3ccc(OC)c(O)c3)c2)cc1O.